The van der Waals surface area contributed by atoms with Crippen LogP contribution in [-0.2, 0) is 17.9 Å². The largest absolute Gasteiger partial charge is 0.497 e. The molecule has 3 rings (SSSR count). The summed E-state index contributed by atoms with van der Waals surface area (Å²) in [5.74, 6) is 0.892. The fraction of sp³-hybridized carbons (Fsp3) is 0.348. The first kappa shape index (κ1) is 23.2. The minimum absolute atomic E-state index is 0.123. The number of aromatic nitrogens is 2. The average molecular weight is 460 g/mol. The molecule has 0 aliphatic heterocycles. The molecule has 0 saturated heterocycles. The number of amides is 1. The molecular formula is C23H26ClN3O3S. The predicted molar refractivity (Wildman–Crippen MR) is 126 cm³/mol. The Balaban J connectivity index is 1.79. The number of carbonyl (C=O) groups excluding carboxylic acids is 1. The van der Waals surface area contributed by atoms with Crippen molar-refractivity contribution >= 4 is 40.2 Å². The molecule has 0 aliphatic rings. The van der Waals surface area contributed by atoms with E-state index in [9.17, 15) is 9.59 Å². The molecule has 1 atom stereocenters. The number of methoxy groups -OCH3 is 1. The van der Waals surface area contributed by atoms with E-state index in [1.807, 2.05) is 45.0 Å². The highest BCUT2D eigenvalue weighted by Crippen LogP contribution is 2.24. The number of thioether (sulfide) groups is 1. The number of nitrogens with one attached hydrogen (secondary N) is 1. The Bertz CT molecular complexity index is 1130. The first-order valence-electron chi connectivity index (χ1n) is 10.1. The molecule has 0 radical (unpaired) electrons. The molecule has 1 aromatic heterocycles. The normalized spacial score (nSPS) is 12.2. The van der Waals surface area contributed by atoms with Gasteiger partial charge in [-0.2, -0.15) is 0 Å². The molecule has 1 unspecified atom stereocenters. The number of rotatable bonds is 8. The number of nitrogens with zero attached hydrogens (tertiary/aromatic N) is 2. The van der Waals surface area contributed by atoms with Crippen molar-refractivity contribution < 1.29 is 9.53 Å². The van der Waals surface area contributed by atoms with Crippen molar-refractivity contribution in [3.63, 3.8) is 0 Å². The Kier molecular flexibility index (Phi) is 7.62. The van der Waals surface area contributed by atoms with Gasteiger partial charge in [-0.3, -0.25) is 14.2 Å². The van der Waals surface area contributed by atoms with E-state index in [0.29, 0.717) is 34.2 Å². The van der Waals surface area contributed by atoms with E-state index in [1.54, 1.807) is 29.9 Å². The van der Waals surface area contributed by atoms with Crippen LogP contribution >= 0.6 is 23.4 Å². The smallest absolute Gasteiger partial charge is 0.262 e. The van der Waals surface area contributed by atoms with Crippen LogP contribution in [0.4, 0.5) is 0 Å². The first-order valence-corrected chi connectivity index (χ1v) is 11.3. The van der Waals surface area contributed by atoms with E-state index < -0.39 is 5.25 Å². The third-order valence-electron chi connectivity index (χ3n) is 4.71. The molecule has 0 fully saturated rings. The monoisotopic (exact) mass is 459 g/mol. The van der Waals surface area contributed by atoms with Crippen LogP contribution in [0.1, 0.15) is 26.3 Å². The van der Waals surface area contributed by atoms with Crippen LogP contribution in [0.25, 0.3) is 10.9 Å². The molecule has 1 N–H and O–H groups in total. The lowest BCUT2D eigenvalue weighted by Crippen LogP contribution is -2.32. The molecule has 0 spiro atoms. The molecule has 6 nitrogen and oxygen atoms in total. The summed E-state index contributed by atoms with van der Waals surface area (Å²) in [6.45, 7) is 6.81. The van der Waals surface area contributed by atoms with Gasteiger partial charge in [-0.25, -0.2) is 4.98 Å². The van der Waals surface area contributed by atoms with Gasteiger partial charge in [0.25, 0.3) is 5.56 Å². The maximum absolute atomic E-state index is 13.1. The third kappa shape index (κ3) is 5.80. The second-order valence-corrected chi connectivity index (χ2v) is 9.44. The molecule has 3 aromatic rings. The van der Waals surface area contributed by atoms with Gasteiger partial charge < -0.3 is 10.1 Å². The number of fused-ring (bicyclic) bond motifs is 1. The zero-order chi connectivity index (χ0) is 22.5. The molecule has 0 bridgehead atoms. The summed E-state index contributed by atoms with van der Waals surface area (Å²) in [6, 6.07) is 12.6. The van der Waals surface area contributed by atoms with E-state index in [-0.39, 0.29) is 17.4 Å². The van der Waals surface area contributed by atoms with Crippen molar-refractivity contribution in [3.8, 4) is 5.75 Å². The highest BCUT2D eigenvalue weighted by molar-refractivity contribution is 8.00. The second-order valence-electron chi connectivity index (χ2n) is 7.69. The van der Waals surface area contributed by atoms with Crippen LogP contribution in [0.15, 0.2) is 52.4 Å². The molecule has 0 aliphatic carbocycles. The summed E-state index contributed by atoms with van der Waals surface area (Å²) in [5.41, 5.74) is 1.40. The highest BCUT2D eigenvalue weighted by Gasteiger charge is 2.20. The Morgan fingerprint density at radius 1 is 1.19 bits per heavy atom. The lowest BCUT2D eigenvalue weighted by atomic mass is 10.2. The molecule has 31 heavy (non-hydrogen) atoms. The van der Waals surface area contributed by atoms with Gasteiger partial charge in [0.05, 0.1) is 23.3 Å². The number of ether oxygens (including phenoxy) is 1. The standard InChI is InChI=1S/C23H26ClN3O3S/c1-14(2)13-27-22(29)19-11-17(24)7-10-20(19)26-23(27)31-15(3)21(28)25-12-16-5-8-18(30-4)9-6-16/h5-11,14-15H,12-13H2,1-4H3,(H,25,28). The van der Waals surface area contributed by atoms with Crippen LogP contribution in [0.2, 0.25) is 5.02 Å². The summed E-state index contributed by atoms with van der Waals surface area (Å²) < 4.78 is 6.79. The molecule has 164 valence electrons. The molecule has 1 amide bonds. The number of benzene rings is 2. The molecule has 8 heteroatoms. The van der Waals surface area contributed by atoms with Crippen LogP contribution in [0.5, 0.6) is 5.75 Å². The van der Waals surface area contributed by atoms with Crippen molar-refractivity contribution in [2.45, 2.75) is 44.3 Å². The highest BCUT2D eigenvalue weighted by atomic mass is 35.5. The Morgan fingerprint density at radius 3 is 2.55 bits per heavy atom. The molecular weight excluding hydrogens is 434 g/mol. The van der Waals surface area contributed by atoms with Crippen molar-refractivity contribution in [2.24, 2.45) is 5.92 Å². The van der Waals surface area contributed by atoms with Crippen LogP contribution in [-0.4, -0.2) is 27.8 Å². The summed E-state index contributed by atoms with van der Waals surface area (Å²) in [7, 11) is 1.62. The number of hydrogen-bond acceptors (Lipinski definition) is 5. The molecule has 2 aromatic carbocycles. The van der Waals surface area contributed by atoms with E-state index in [1.165, 1.54) is 11.8 Å². The van der Waals surface area contributed by atoms with Gasteiger partial charge >= 0.3 is 0 Å². The summed E-state index contributed by atoms with van der Waals surface area (Å²) in [6.07, 6.45) is 0. The van der Waals surface area contributed by atoms with Gasteiger partial charge in [-0.05, 0) is 48.7 Å². The maximum Gasteiger partial charge on any atom is 0.262 e. The average Bonchev–Trinajstić information content (AvgIpc) is 2.75. The van der Waals surface area contributed by atoms with Crippen molar-refractivity contribution in [3.05, 3.63) is 63.4 Å². The summed E-state index contributed by atoms with van der Waals surface area (Å²) in [4.78, 5) is 30.4. The Morgan fingerprint density at radius 2 is 1.90 bits per heavy atom. The Hall–Kier alpha value is -2.51. The minimum Gasteiger partial charge on any atom is -0.497 e. The third-order valence-corrected chi connectivity index (χ3v) is 6.03. The van der Waals surface area contributed by atoms with Gasteiger partial charge in [0.2, 0.25) is 5.91 Å². The lowest BCUT2D eigenvalue weighted by Gasteiger charge is -2.17. The van der Waals surface area contributed by atoms with Crippen LogP contribution in [0, 0.1) is 5.92 Å². The van der Waals surface area contributed by atoms with Gasteiger partial charge in [-0.15, -0.1) is 0 Å². The zero-order valence-corrected chi connectivity index (χ0v) is 19.6. The SMILES string of the molecule is COc1ccc(CNC(=O)C(C)Sc2nc3ccc(Cl)cc3c(=O)n2CC(C)C)cc1. The number of halogens is 1. The lowest BCUT2D eigenvalue weighted by molar-refractivity contribution is -0.120. The number of hydrogen-bond donors (Lipinski definition) is 1. The van der Waals surface area contributed by atoms with Crippen LogP contribution < -0.4 is 15.6 Å². The van der Waals surface area contributed by atoms with E-state index in [0.717, 1.165) is 11.3 Å². The van der Waals surface area contributed by atoms with E-state index in [2.05, 4.69) is 10.3 Å². The quantitative estimate of drug-likeness (QED) is 0.396. The molecule has 1 heterocycles. The number of carbonyl (C=O) groups is 1. The fourth-order valence-corrected chi connectivity index (χ4v) is 4.19. The first-order chi connectivity index (χ1) is 14.8. The fourth-order valence-electron chi connectivity index (χ4n) is 3.08. The topological polar surface area (TPSA) is 73.2 Å². The van der Waals surface area contributed by atoms with Gasteiger partial charge in [0.15, 0.2) is 5.16 Å². The minimum atomic E-state index is -0.423. The van der Waals surface area contributed by atoms with Gasteiger partial charge in [-0.1, -0.05) is 49.3 Å². The van der Waals surface area contributed by atoms with Crippen molar-refractivity contribution in [1.29, 1.82) is 0 Å². The predicted octanol–water partition coefficient (Wildman–Crippen LogP) is 4.51. The summed E-state index contributed by atoms with van der Waals surface area (Å²) >= 11 is 7.36. The zero-order valence-electron chi connectivity index (χ0n) is 18.0. The Labute approximate surface area is 191 Å². The second kappa shape index (κ2) is 10.2. The maximum atomic E-state index is 13.1. The van der Waals surface area contributed by atoms with Gasteiger partial charge in [0, 0.05) is 18.1 Å². The molecule has 0 saturated carbocycles. The van der Waals surface area contributed by atoms with Crippen molar-refractivity contribution in [1.82, 2.24) is 14.9 Å². The van der Waals surface area contributed by atoms with Crippen molar-refractivity contribution in [2.75, 3.05) is 7.11 Å². The van der Waals surface area contributed by atoms with Crippen LogP contribution in [0.3, 0.4) is 0 Å². The van der Waals surface area contributed by atoms with E-state index in [4.69, 9.17) is 16.3 Å². The van der Waals surface area contributed by atoms with E-state index >= 15 is 0 Å². The summed E-state index contributed by atoms with van der Waals surface area (Å²) in [5, 5.41) is 4.02. The van der Waals surface area contributed by atoms with Gasteiger partial charge in [0.1, 0.15) is 5.75 Å².